The van der Waals surface area contributed by atoms with E-state index in [0.29, 0.717) is 5.92 Å². The Bertz CT molecular complexity index is 327. The molecule has 1 aromatic rings. The van der Waals surface area contributed by atoms with Crippen molar-refractivity contribution < 1.29 is 5.11 Å². The maximum Gasteiger partial charge on any atom is 0.0933 e. The van der Waals surface area contributed by atoms with Gasteiger partial charge in [0.1, 0.15) is 0 Å². The smallest absolute Gasteiger partial charge is 0.0933 e. The molecule has 0 unspecified atom stereocenters. The topological polar surface area (TPSA) is 20.2 Å². The van der Waals surface area contributed by atoms with Crippen LogP contribution in [0.4, 0.5) is 0 Å². The van der Waals surface area contributed by atoms with Gasteiger partial charge in [-0.1, -0.05) is 56.7 Å². The van der Waals surface area contributed by atoms with Gasteiger partial charge < -0.3 is 5.11 Å². The predicted molar refractivity (Wildman–Crippen MR) is 69.2 cm³/mol. The highest BCUT2D eigenvalue weighted by Crippen LogP contribution is 2.36. The van der Waals surface area contributed by atoms with Gasteiger partial charge >= 0.3 is 0 Å². The largest absolute Gasteiger partial charge is 0.385 e. The van der Waals surface area contributed by atoms with Crippen LogP contribution < -0.4 is 0 Å². The molecule has 0 bridgehead atoms. The van der Waals surface area contributed by atoms with Gasteiger partial charge in [-0.25, -0.2) is 0 Å². The Morgan fingerprint density at radius 2 is 1.94 bits per heavy atom. The minimum Gasteiger partial charge on any atom is -0.385 e. The first-order chi connectivity index (χ1) is 7.54. The molecule has 0 aliphatic heterocycles. The van der Waals surface area contributed by atoms with Crippen molar-refractivity contribution in [3.63, 3.8) is 0 Å². The lowest BCUT2D eigenvalue weighted by Crippen LogP contribution is -2.34. The van der Waals surface area contributed by atoms with E-state index in [0.717, 1.165) is 12.0 Å². The molecule has 0 aliphatic rings. The third-order valence-corrected chi connectivity index (χ3v) is 3.52. The maximum atomic E-state index is 10.7. The third kappa shape index (κ3) is 2.53. The average Bonchev–Trinajstić information content (AvgIpc) is 2.30. The van der Waals surface area contributed by atoms with Gasteiger partial charge in [0.15, 0.2) is 0 Å². The predicted octanol–water partition coefficient (Wildman–Crippen LogP) is 3.74. The highest BCUT2D eigenvalue weighted by Gasteiger charge is 2.34. The lowest BCUT2D eigenvalue weighted by molar-refractivity contribution is -0.00764. The van der Waals surface area contributed by atoms with E-state index in [2.05, 4.69) is 20.4 Å². The van der Waals surface area contributed by atoms with Gasteiger partial charge in [0.25, 0.3) is 0 Å². The molecule has 0 amide bonds. The number of benzene rings is 1. The molecule has 88 valence electrons. The van der Waals surface area contributed by atoms with Crippen LogP contribution in [0.5, 0.6) is 0 Å². The number of hydrogen-bond donors (Lipinski definition) is 1. The SMILES string of the molecule is C=C[C@H]([C@@H](C)CC)[C@@](C)(O)c1ccccc1. The number of aliphatic hydroxyl groups is 1. The summed E-state index contributed by atoms with van der Waals surface area (Å²) in [4.78, 5) is 0. The van der Waals surface area contributed by atoms with Crippen LogP contribution in [0.15, 0.2) is 43.0 Å². The van der Waals surface area contributed by atoms with Crippen LogP contribution in [0.3, 0.4) is 0 Å². The van der Waals surface area contributed by atoms with Crippen molar-refractivity contribution in [3.05, 3.63) is 48.6 Å². The van der Waals surface area contributed by atoms with Crippen molar-refractivity contribution in [1.82, 2.24) is 0 Å². The summed E-state index contributed by atoms with van der Waals surface area (Å²) in [6.45, 7) is 10.0. The summed E-state index contributed by atoms with van der Waals surface area (Å²) in [6, 6.07) is 9.82. The van der Waals surface area contributed by atoms with Gasteiger partial charge in [-0.2, -0.15) is 0 Å². The van der Waals surface area contributed by atoms with Crippen molar-refractivity contribution >= 4 is 0 Å². The highest BCUT2D eigenvalue weighted by molar-refractivity contribution is 5.24. The van der Waals surface area contributed by atoms with Crippen LogP contribution in [0.2, 0.25) is 0 Å². The molecule has 0 radical (unpaired) electrons. The first-order valence-electron chi connectivity index (χ1n) is 5.94. The van der Waals surface area contributed by atoms with E-state index >= 15 is 0 Å². The van der Waals surface area contributed by atoms with Crippen molar-refractivity contribution in [1.29, 1.82) is 0 Å². The Hall–Kier alpha value is -1.08. The second-order valence-electron chi connectivity index (χ2n) is 4.66. The van der Waals surface area contributed by atoms with Crippen molar-refractivity contribution in [2.45, 2.75) is 32.8 Å². The second kappa shape index (κ2) is 5.31. The minimum atomic E-state index is -0.835. The van der Waals surface area contributed by atoms with E-state index in [-0.39, 0.29) is 5.92 Å². The summed E-state index contributed by atoms with van der Waals surface area (Å²) in [5.41, 5.74) is 0.124. The molecule has 1 rings (SSSR count). The zero-order valence-electron chi connectivity index (χ0n) is 10.5. The Kier molecular flexibility index (Phi) is 4.31. The Balaban J connectivity index is 3.03. The molecule has 3 atom stereocenters. The van der Waals surface area contributed by atoms with Gasteiger partial charge in [0.2, 0.25) is 0 Å². The number of hydrogen-bond acceptors (Lipinski definition) is 1. The van der Waals surface area contributed by atoms with Crippen LogP contribution in [0, 0.1) is 11.8 Å². The fraction of sp³-hybridized carbons (Fsp3) is 0.467. The Morgan fingerprint density at radius 1 is 1.38 bits per heavy atom. The summed E-state index contributed by atoms with van der Waals surface area (Å²) < 4.78 is 0. The van der Waals surface area contributed by atoms with E-state index < -0.39 is 5.60 Å². The molecule has 1 nitrogen and oxygen atoms in total. The lowest BCUT2D eigenvalue weighted by atomic mass is 9.75. The summed E-state index contributed by atoms with van der Waals surface area (Å²) in [5, 5.41) is 10.7. The van der Waals surface area contributed by atoms with Crippen LogP contribution in [-0.4, -0.2) is 5.11 Å². The van der Waals surface area contributed by atoms with Gasteiger partial charge in [-0.3, -0.25) is 0 Å². The monoisotopic (exact) mass is 218 g/mol. The summed E-state index contributed by atoms with van der Waals surface area (Å²) in [6.07, 6.45) is 2.92. The van der Waals surface area contributed by atoms with Gasteiger partial charge in [-0.15, -0.1) is 6.58 Å². The summed E-state index contributed by atoms with van der Waals surface area (Å²) in [5.74, 6) is 0.507. The van der Waals surface area contributed by atoms with Gasteiger partial charge in [0.05, 0.1) is 5.60 Å². The molecule has 0 fully saturated rings. The molecule has 0 aliphatic carbocycles. The maximum absolute atomic E-state index is 10.7. The molecule has 1 N–H and O–H groups in total. The number of rotatable bonds is 5. The molecule has 1 aromatic carbocycles. The first-order valence-corrected chi connectivity index (χ1v) is 5.94. The van der Waals surface area contributed by atoms with E-state index in [1.807, 2.05) is 43.3 Å². The third-order valence-electron chi connectivity index (χ3n) is 3.52. The average molecular weight is 218 g/mol. The van der Waals surface area contributed by atoms with Gasteiger partial charge in [-0.05, 0) is 18.4 Å². The summed E-state index contributed by atoms with van der Waals surface area (Å²) >= 11 is 0. The fourth-order valence-corrected chi connectivity index (χ4v) is 2.24. The van der Waals surface area contributed by atoms with Crippen molar-refractivity contribution in [3.8, 4) is 0 Å². The van der Waals surface area contributed by atoms with Crippen LogP contribution in [0.1, 0.15) is 32.8 Å². The Labute approximate surface area is 98.8 Å². The zero-order valence-corrected chi connectivity index (χ0v) is 10.5. The molecule has 0 aromatic heterocycles. The normalized spacial score (nSPS) is 18.5. The molecular weight excluding hydrogens is 196 g/mol. The van der Waals surface area contributed by atoms with Crippen molar-refractivity contribution in [2.75, 3.05) is 0 Å². The lowest BCUT2D eigenvalue weighted by Gasteiger charge is -2.35. The first kappa shape index (κ1) is 13.0. The van der Waals surface area contributed by atoms with E-state index in [9.17, 15) is 5.11 Å². The zero-order chi connectivity index (χ0) is 12.2. The molecule has 0 saturated carbocycles. The van der Waals surface area contributed by atoms with Crippen LogP contribution >= 0.6 is 0 Å². The second-order valence-corrected chi connectivity index (χ2v) is 4.66. The van der Waals surface area contributed by atoms with Gasteiger partial charge in [0, 0.05) is 5.92 Å². The van der Waals surface area contributed by atoms with E-state index in [1.165, 1.54) is 0 Å². The van der Waals surface area contributed by atoms with Crippen LogP contribution in [0.25, 0.3) is 0 Å². The highest BCUT2D eigenvalue weighted by atomic mass is 16.3. The molecule has 0 heterocycles. The molecule has 16 heavy (non-hydrogen) atoms. The van der Waals surface area contributed by atoms with E-state index in [4.69, 9.17) is 0 Å². The van der Waals surface area contributed by atoms with Crippen molar-refractivity contribution in [2.24, 2.45) is 11.8 Å². The minimum absolute atomic E-state index is 0.0832. The fourth-order valence-electron chi connectivity index (χ4n) is 2.24. The molecule has 0 saturated heterocycles. The van der Waals surface area contributed by atoms with Crippen LogP contribution in [-0.2, 0) is 5.60 Å². The quantitative estimate of drug-likeness (QED) is 0.746. The Morgan fingerprint density at radius 3 is 2.38 bits per heavy atom. The van der Waals surface area contributed by atoms with E-state index in [1.54, 1.807) is 0 Å². The summed E-state index contributed by atoms with van der Waals surface area (Å²) in [7, 11) is 0. The molecular formula is C15H22O. The molecule has 1 heteroatoms. The molecule has 0 spiro atoms. The standard InChI is InChI=1S/C15H22O/c1-5-12(3)14(6-2)15(4,16)13-10-8-7-9-11-13/h6-12,14,16H,2,5H2,1,3-4H3/t12-,14+,15-/m0/s1.